The van der Waals surface area contributed by atoms with Crippen molar-refractivity contribution in [2.75, 3.05) is 12.0 Å². The number of alkyl halides is 2. The van der Waals surface area contributed by atoms with Gasteiger partial charge >= 0.3 is 0 Å². The highest BCUT2D eigenvalue weighted by atomic mass is 19.3. The monoisotopic (exact) mass is 276 g/mol. The summed E-state index contributed by atoms with van der Waals surface area (Å²) in [6.07, 6.45) is -0.962. The van der Waals surface area contributed by atoms with Gasteiger partial charge in [-0.3, -0.25) is 5.43 Å². The molecule has 104 valence electrons. The first-order chi connectivity index (χ1) is 9.75. The van der Waals surface area contributed by atoms with Crippen molar-refractivity contribution in [2.24, 2.45) is 5.10 Å². The van der Waals surface area contributed by atoms with E-state index in [1.807, 2.05) is 30.3 Å². The molecule has 0 heterocycles. The zero-order valence-corrected chi connectivity index (χ0v) is 10.7. The van der Waals surface area contributed by atoms with Gasteiger partial charge < -0.3 is 4.74 Å². The first kappa shape index (κ1) is 14.0. The van der Waals surface area contributed by atoms with Crippen molar-refractivity contribution in [1.29, 1.82) is 0 Å². The number of anilines is 1. The lowest BCUT2D eigenvalue weighted by molar-refractivity contribution is 0.0818. The molecule has 2 aromatic carbocycles. The number of para-hydroxylation sites is 2. The molecule has 0 atom stereocenters. The lowest BCUT2D eigenvalue weighted by Gasteiger charge is -2.08. The van der Waals surface area contributed by atoms with Crippen LogP contribution in [0.15, 0.2) is 59.7 Å². The van der Waals surface area contributed by atoms with Gasteiger partial charge in [0.15, 0.2) is 0 Å². The van der Waals surface area contributed by atoms with E-state index in [0.29, 0.717) is 11.3 Å². The lowest BCUT2D eigenvalue weighted by Crippen LogP contribution is -2.08. The number of halogens is 2. The van der Waals surface area contributed by atoms with Crippen molar-refractivity contribution in [3.05, 3.63) is 60.2 Å². The summed E-state index contributed by atoms with van der Waals surface area (Å²) in [7, 11) is 0. The number of nitrogens with zero attached hydrogens (tertiary/aromatic N) is 1. The van der Waals surface area contributed by atoms with Crippen LogP contribution in [0, 0.1) is 0 Å². The highest BCUT2D eigenvalue weighted by molar-refractivity contribution is 5.83. The van der Waals surface area contributed by atoms with Gasteiger partial charge in [0.05, 0.1) is 11.9 Å². The average molecular weight is 276 g/mol. The number of ether oxygens (including phenoxy) is 1. The minimum atomic E-state index is -2.50. The summed E-state index contributed by atoms with van der Waals surface area (Å²) >= 11 is 0. The summed E-state index contributed by atoms with van der Waals surface area (Å²) in [5, 5.41) is 4.06. The Kier molecular flexibility index (Phi) is 5.06. The van der Waals surface area contributed by atoms with Gasteiger partial charge in [0.1, 0.15) is 12.4 Å². The second-order valence-corrected chi connectivity index (χ2v) is 3.98. The van der Waals surface area contributed by atoms with Crippen LogP contribution in [0.25, 0.3) is 0 Å². The van der Waals surface area contributed by atoms with Crippen LogP contribution in [-0.4, -0.2) is 19.2 Å². The quantitative estimate of drug-likeness (QED) is 0.643. The molecule has 0 amide bonds. The third kappa shape index (κ3) is 4.35. The van der Waals surface area contributed by atoms with Crippen LogP contribution in [0.2, 0.25) is 0 Å². The Morgan fingerprint density at radius 1 is 1.05 bits per heavy atom. The molecule has 3 nitrogen and oxygen atoms in total. The Hall–Kier alpha value is -2.43. The molecule has 0 spiro atoms. The molecule has 20 heavy (non-hydrogen) atoms. The summed E-state index contributed by atoms with van der Waals surface area (Å²) in [6, 6.07) is 16.3. The van der Waals surface area contributed by atoms with E-state index in [4.69, 9.17) is 4.74 Å². The van der Waals surface area contributed by atoms with Crippen LogP contribution >= 0.6 is 0 Å². The number of hydrogen-bond donors (Lipinski definition) is 1. The lowest BCUT2D eigenvalue weighted by atomic mass is 10.2. The Bertz CT molecular complexity index is 559. The fraction of sp³-hybridized carbons (Fsp3) is 0.133. The van der Waals surface area contributed by atoms with E-state index in [1.54, 1.807) is 24.3 Å². The highest BCUT2D eigenvalue weighted by Crippen LogP contribution is 2.16. The summed E-state index contributed by atoms with van der Waals surface area (Å²) in [5.74, 6) is 0.381. The molecule has 0 aliphatic heterocycles. The van der Waals surface area contributed by atoms with Crippen LogP contribution in [-0.2, 0) is 0 Å². The second kappa shape index (κ2) is 7.23. The molecule has 0 aliphatic carbocycles. The number of hydrogen-bond acceptors (Lipinski definition) is 3. The first-order valence-electron chi connectivity index (χ1n) is 6.10. The van der Waals surface area contributed by atoms with Crippen LogP contribution < -0.4 is 10.2 Å². The largest absolute Gasteiger partial charge is 0.487 e. The average Bonchev–Trinajstić information content (AvgIpc) is 2.47. The SMILES string of the molecule is FC(F)COc1ccccc1C=NNc1ccccc1. The molecule has 0 bridgehead atoms. The first-order valence-corrected chi connectivity index (χ1v) is 6.10. The van der Waals surface area contributed by atoms with Crippen LogP contribution in [0.1, 0.15) is 5.56 Å². The van der Waals surface area contributed by atoms with Crippen molar-refractivity contribution in [2.45, 2.75) is 6.43 Å². The molecule has 0 aromatic heterocycles. The Morgan fingerprint density at radius 2 is 1.75 bits per heavy atom. The van der Waals surface area contributed by atoms with Gasteiger partial charge in [-0.15, -0.1) is 0 Å². The van der Waals surface area contributed by atoms with Gasteiger partial charge in [-0.1, -0.05) is 30.3 Å². The minimum Gasteiger partial charge on any atom is -0.487 e. The molecule has 2 aromatic rings. The molecular formula is C15H14F2N2O. The van der Waals surface area contributed by atoms with Crippen LogP contribution in [0.3, 0.4) is 0 Å². The molecule has 5 heteroatoms. The van der Waals surface area contributed by atoms with E-state index in [9.17, 15) is 8.78 Å². The molecule has 0 saturated heterocycles. The van der Waals surface area contributed by atoms with Gasteiger partial charge in [-0.05, 0) is 24.3 Å². The summed E-state index contributed by atoms with van der Waals surface area (Å²) in [5.41, 5.74) is 4.33. The normalized spacial score (nSPS) is 10.9. The molecule has 0 aliphatic rings. The zero-order chi connectivity index (χ0) is 14.2. The predicted molar refractivity (Wildman–Crippen MR) is 75.6 cm³/mol. The number of benzene rings is 2. The Morgan fingerprint density at radius 3 is 2.50 bits per heavy atom. The molecule has 2 rings (SSSR count). The van der Waals surface area contributed by atoms with Crippen molar-refractivity contribution in [1.82, 2.24) is 0 Å². The number of hydrazone groups is 1. The molecule has 0 radical (unpaired) electrons. The molecule has 1 N–H and O–H groups in total. The Balaban J connectivity index is 2.01. The van der Waals surface area contributed by atoms with E-state index in [0.717, 1.165) is 5.69 Å². The summed E-state index contributed by atoms with van der Waals surface area (Å²) in [4.78, 5) is 0. The molecule has 0 saturated carbocycles. The molecular weight excluding hydrogens is 262 g/mol. The predicted octanol–water partition coefficient (Wildman–Crippen LogP) is 3.78. The topological polar surface area (TPSA) is 33.6 Å². The smallest absolute Gasteiger partial charge is 0.272 e. The zero-order valence-electron chi connectivity index (χ0n) is 10.7. The van der Waals surface area contributed by atoms with Gasteiger partial charge in [-0.25, -0.2) is 8.78 Å². The van der Waals surface area contributed by atoms with Crippen molar-refractivity contribution in [3.8, 4) is 5.75 Å². The maximum atomic E-state index is 12.2. The Labute approximate surface area is 115 Å². The van der Waals surface area contributed by atoms with E-state index in [-0.39, 0.29) is 0 Å². The van der Waals surface area contributed by atoms with Crippen molar-refractivity contribution in [3.63, 3.8) is 0 Å². The molecule has 0 unspecified atom stereocenters. The van der Waals surface area contributed by atoms with Crippen LogP contribution in [0.5, 0.6) is 5.75 Å². The fourth-order valence-corrected chi connectivity index (χ4v) is 1.56. The highest BCUT2D eigenvalue weighted by Gasteiger charge is 2.05. The van der Waals surface area contributed by atoms with E-state index >= 15 is 0 Å². The van der Waals surface area contributed by atoms with E-state index < -0.39 is 13.0 Å². The third-order valence-corrected chi connectivity index (χ3v) is 2.45. The molecule has 0 fully saturated rings. The summed E-state index contributed by atoms with van der Waals surface area (Å²) in [6.45, 7) is -0.628. The number of nitrogens with one attached hydrogen (secondary N) is 1. The van der Waals surface area contributed by atoms with E-state index in [2.05, 4.69) is 10.5 Å². The fourth-order valence-electron chi connectivity index (χ4n) is 1.56. The van der Waals surface area contributed by atoms with E-state index in [1.165, 1.54) is 6.21 Å². The van der Waals surface area contributed by atoms with Crippen LogP contribution in [0.4, 0.5) is 14.5 Å². The van der Waals surface area contributed by atoms with Gasteiger partial charge in [0.25, 0.3) is 6.43 Å². The third-order valence-electron chi connectivity index (χ3n) is 2.45. The second-order valence-electron chi connectivity index (χ2n) is 3.98. The van der Waals surface area contributed by atoms with Gasteiger partial charge in [0.2, 0.25) is 0 Å². The van der Waals surface area contributed by atoms with Gasteiger partial charge in [0, 0.05) is 5.56 Å². The van der Waals surface area contributed by atoms with Gasteiger partial charge in [-0.2, -0.15) is 5.10 Å². The summed E-state index contributed by atoms with van der Waals surface area (Å²) < 4.78 is 29.3. The number of rotatable bonds is 6. The standard InChI is InChI=1S/C15H14F2N2O/c16-15(17)11-20-14-9-5-4-6-12(14)10-18-19-13-7-2-1-3-8-13/h1-10,15,19H,11H2. The maximum Gasteiger partial charge on any atom is 0.272 e. The van der Waals surface area contributed by atoms with Crippen molar-refractivity contribution < 1.29 is 13.5 Å². The minimum absolute atomic E-state index is 0.381. The maximum absolute atomic E-state index is 12.2. The van der Waals surface area contributed by atoms with Crippen molar-refractivity contribution >= 4 is 11.9 Å².